The summed E-state index contributed by atoms with van der Waals surface area (Å²) in [5, 5.41) is 0.687. The number of aromatic nitrogens is 1. The predicted octanol–water partition coefficient (Wildman–Crippen LogP) is 4.23. The van der Waals surface area contributed by atoms with Gasteiger partial charge >= 0.3 is 0 Å². The molecule has 2 aromatic carbocycles. The van der Waals surface area contributed by atoms with E-state index in [1.54, 1.807) is 11.0 Å². The Kier molecular flexibility index (Phi) is 5.13. The second kappa shape index (κ2) is 7.72. The molecule has 0 aliphatic carbocycles. The third-order valence-electron chi connectivity index (χ3n) is 4.86. The van der Waals surface area contributed by atoms with Gasteiger partial charge in [0.15, 0.2) is 5.58 Å². The molecule has 0 unspecified atom stereocenters. The van der Waals surface area contributed by atoms with E-state index in [0.29, 0.717) is 40.8 Å². The van der Waals surface area contributed by atoms with Crippen LogP contribution in [0.5, 0.6) is 5.75 Å². The summed E-state index contributed by atoms with van der Waals surface area (Å²) in [5.74, 6) is 0.772. The number of nitrogens with zero attached hydrogens (tertiary/aromatic N) is 3. The van der Waals surface area contributed by atoms with Gasteiger partial charge in [0.05, 0.1) is 5.56 Å². The van der Waals surface area contributed by atoms with Crippen molar-refractivity contribution in [2.75, 3.05) is 32.1 Å². The van der Waals surface area contributed by atoms with E-state index in [0.717, 1.165) is 18.6 Å². The number of para-hydroxylation sites is 1. The van der Waals surface area contributed by atoms with Gasteiger partial charge < -0.3 is 19.0 Å². The van der Waals surface area contributed by atoms with E-state index in [4.69, 9.17) is 20.8 Å². The summed E-state index contributed by atoms with van der Waals surface area (Å²) in [5.41, 5.74) is 1.78. The van der Waals surface area contributed by atoms with Crippen molar-refractivity contribution in [3.05, 3.63) is 53.1 Å². The highest BCUT2D eigenvalue weighted by molar-refractivity contribution is 6.30. The normalized spacial score (nSPS) is 15.0. The van der Waals surface area contributed by atoms with E-state index >= 15 is 0 Å². The molecule has 6 nitrogen and oxygen atoms in total. The van der Waals surface area contributed by atoms with Gasteiger partial charge in [0.1, 0.15) is 17.4 Å². The van der Waals surface area contributed by atoms with Crippen LogP contribution in [-0.4, -0.2) is 49.1 Å². The smallest absolute Gasteiger partial charge is 0.297 e. The Morgan fingerprint density at radius 2 is 1.89 bits per heavy atom. The maximum Gasteiger partial charge on any atom is 0.297 e. The van der Waals surface area contributed by atoms with Crippen molar-refractivity contribution in [1.29, 1.82) is 0 Å². The zero-order chi connectivity index (χ0) is 19.7. The fourth-order valence-electron chi connectivity index (χ4n) is 3.35. The van der Waals surface area contributed by atoms with Crippen LogP contribution in [0.3, 0.4) is 0 Å². The number of ether oxygens (including phenoxy) is 1. The second-order valence-corrected chi connectivity index (χ2v) is 7.54. The lowest BCUT2D eigenvalue weighted by Gasteiger charge is -2.32. The van der Waals surface area contributed by atoms with Crippen molar-refractivity contribution in [2.24, 2.45) is 0 Å². The Morgan fingerprint density at radius 1 is 1.18 bits per heavy atom. The number of halogens is 1. The van der Waals surface area contributed by atoms with Crippen LogP contribution in [0.2, 0.25) is 5.02 Å². The van der Waals surface area contributed by atoms with Gasteiger partial charge in [-0.15, -0.1) is 0 Å². The average molecular weight is 400 g/mol. The van der Waals surface area contributed by atoms with E-state index < -0.39 is 0 Å². The van der Waals surface area contributed by atoms with Gasteiger partial charge in [0.25, 0.3) is 11.9 Å². The standard InChI is InChI=1S/C21H22ClN3O3/c1-24(2)21-23-18-5-3-4-17(19(18)28-21)20(26)25-12-10-16(11-13-25)27-15-8-6-14(22)7-9-15/h3-9,16H,10-13H2,1-2H3. The number of piperidine rings is 1. The Hall–Kier alpha value is -2.73. The number of anilines is 1. The molecule has 1 aromatic heterocycles. The summed E-state index contributed by atoms with van der Waals surface area (Å²) in [6, 6.07) is 13.4. The van der Waals surface area contributed by atoms with Gasteiger partial charge in [-0.05, 0) is 36.4 Å². The SMILES string of the molecule is CN(C)c1nc2cccc(C(=O)N3CCC(Oc4ccc(Cl)cc4)CC3)c2o1. The molecule has 1 aliphatic rings. The van der Waals surface area contributed by atoms with Crippen LogP contribution in [0.25, 0.3) is 11.1 Å². The first kappa shape index (κ1) is 18.6. The molecule has 4 rings (SSSR count). The number of amides is 1. The Balaban J connectivity index is 1.44. The van der Waals surface area contributed by atoms with Crippen LogP contribution in [0.4, 0.5) is 6.01 Å². The number of carbonyl (C=O) groups is 1. The summed E-state index contributed by atoms with van der Waals surface area (Å²) in [6.45, 7) is 1.28. The first-order valence-corrected chi connectivity index (χ1v) is 9.67. The third-order valence-corrected chi connectivity index (χ3v) is 5.11. The van der Waals surface area contributed by atoms with Crippen molar-refractivity contribution in [1.82, 2.24) is 9.88 Å². The number of rotatable bonds is 4. The zero-order valence-electron chi connectivity index (χ0n) is 15.9. The number of carbonyl (C=O) groups excluding carboxylic acids is 1. The highest BCUT2D eigenvalue weighted by Gasteiger charge is 2.27. The average Bonchev–Trinajstić information content (AvgIpc) is 3.15. The molecular formula is C21H22ClN3O3. The van der Waals surface area contributed by atoms with Crippen molar-refractivity contribution in [3.8, 4) is 5.75 Å². The number of fused-ring (bicyclic) bond motifs is 1. The fourth-order valence-corrected chi connectivity index (χ4v) is 3.48. The van der Waals surface area contributed by atoms with Crippen LogP contribution in [0.15, 0.2) is 46.9 Å². The molecule has 0 bridgehead atoms. The molecule has 0 spiro atoms. The highest BCUT2D eigenvalue weighted by atomic mass is 35.5. The molecule has 146 valence electrons. The minimum atomic E-state index is -0.0306. The quantitative estimate of drug-likeness (QED) is 0.657. The summed E-state index contributed by atoms with van der Waals surface area (Å²) in [7, 11) is 3.72. The molecule has 1 saturated heterocycles. The molecule has 3 aromatic rings. The van der Waals surface area contributed by atoms with Gasteiger partial charge in [-0.2, -0.15) is 4.98 Å². The molecule has 0 atom stereocenters. The van der Waals surface area contributed by atoms with Crippen LogP contribution >= 0.6 is 11.6 Å². The Labute approximate surface area is 168 Å². The molecule has 1 amide bonds. The number of oxazole rings is 1. The molecule has 0 N–H and O–H groups in total. The first-order valence-electron chi connectivity index (χ1n) is 9.29. The molecule has 7 heteroatoms. The fraction of sp³-hybridized carbons (Fsp3) is 0.333. The molecule has 0 saturated carbocycles. The van der Waals surface area contributed by atoms with E-state index in [1.165, 1.54) is 0 Å². The van der Waals surface area contributed by atoms with Gasteiger partial charge in [0.2, 0.25) is 0 Å². The van der Waals surface area contributed by atoms with Gasteiger partial charge in [0, 0.05) is 45.0 Å². The summed E-state index contributed by atoms with van der Waals surface area (Å²) in [4.78, 5) is 21.1. The van der Waals surface area contributed by atoms with Crippen molar-refractivity contribution < 1.29 is 13.9 Å². The minimum absolute atomic E-state index is 0.0306. The van der Waals surface area contributed by atoms with Crippen LogP contribution in [0, 0.1) is 0 Å². The largest absolute Gasteiger partial charge is 0.490 e. The zero-order valence-corrected chi connectivity index (χ0v) is 16.6. The predicted molar refractivity (Wildman–Crippen MR) is 109 cm³/mol. The van der Waals surface area contributed by atoms with Crippen molar-refractivity contribution in [3.63, 3.8) is 0 Å². The van der Waals surface area contributed by atoms with E-state index in [2.05, 4.69) is 4.98 Å². The van der Waals surface area contributed by atoms with Crippen LogP contribution in [-0.2, 0) is 0 Å². The lowest BCUT2D eigenvalue weighted by molar-refractivity contribution is 0.0596. The van der Waals surface area contributed by atoms with Gasteiger partial charge in [-0.1, -0.05) is 17.7 Å². The van der Waals surface area contributed by atoms with Crippen molar-refractivity contribution in [2.45, 2.75) is 18.9 Å². The first-order chi connectivity index (χ1) is 13.5. The number of hydrogen-bond acceptors (Lipinski definition) is 5. The summed E-state index contributed by atoms with van der Waals surface area (Å²) in [6.07, 6.45) is 1.65. The van der Waals surface area contributed by atoms with Gasteiger partial charge in [-0.25, -0.2) is 0 Å². The van der Waals surface area contributed by atoms with Gasteiger partial charge in [-0.3, -0.25) is 4.79 Å². The lowest BCUT2D eigenvalue weighted by Crippen LogP contribution is -2.41. The van der Waals surface area contributed by atoms with E-state index in [9.17, 15) is 4.79 Å². The maximum absolute atomic E-state index is 13.1. The highest BCUT2D eigenvalue weighted by Crippen LogP contribution is 2.27. The maximum atomic E-state index is 13.1. The second-order valence-electron chi connectivity index (χ2n) is 7.11. The number of benzene rings is 2. The molecule has 2 heterocycles. The summed E-state index contributed by atoms with van der Waals surface area (Å²) < 4.78 is 11.8. The minimum Gasteiger partial charge on any atom is -0.490 e. The van der Waals surface area contributed by atoms with Crippen LogP contribution < -0.4 is 9.64 Å². The van der Waals surface area contributed by atoms with Crippen molar-refractivity contribution >= 4 is 34.6 Å². The molecule has 1 aliphatic heterocycles. The Bertz CT molecular complexity index is 976. The number of hydrogen-bond donors (Lipinski definition) is 0. The number of likely N-dealkylation sites (tertiary alicyclic amines) is 1. The lowest BCUT2D eigenvalue weighted by atomic mass is 10.1. The third kappa shape index (κ3) is 3.78. The topological polar surface area (TPSA) is 58.8 Å². The summed E-state index contributed by atoms with van der Waals surface area (Å²) >= 11 is 5.91. The molecule has 1 fully saturated rings. The molecule has 28 heavy (non-hydrogen) atoms. The monoisotopic (exact) mass is 399 g/mol. The molecular weight excluding hydrogens is 378 g/mol. The molecule has 0 radical (unpaired) electrons. The van der Waals surface area contributed by atoms with Crippen LogP contribution in [0.1, 0.15) is 23.2 Å². The Morgan fingerprint density at radius 3 is 2.57 bits per heavy atom. The van der Waals surface area contributed by atoms with E-state index in [1.807, 2.05) is 55.4 Å². The van der Waals surface area contributed by atoms with E-state index in [-0.39, 0.29) is 12.0 Å².